The molecule has 3 rings (SSSR count). The quantitative estimate of drug-likeness (QED) is 0.705. The fourth-order valence-electron chi connectivity index (χ4n) is 1.97. The van der Waals surface area contributed by atoms with Gasteiger partial charge in [-0.1, -0.05) is 36.4 Å². The zero-order valence-electron chi connectivity index (χ0n) is 9.96. The van der Waals surface area contributed by atoms with E-state index in [9.17, 15) is 0 Å². The molecule has 88 valence electrons. The van der Waals surface area contributed by atoms with Gasteiger partial charge in [-0.25, -0.2) is 4.98 Å². The second-order valence-corrected chi connectivity index (χ2v) is 4.15. The van der Waals surface area contributed by atoms with Gasteiger partial charge in [-0.05, 0) is 23.8 Å². The molecular weight excluding hydrogens is 224 g/mol. The molecule has 0 saturated heterocycles. The highest BCUT2D eigenvalue weighted by atomic mass is 15.2. The van der Waals surface area contributed by atoms with E-state index in [-0.39, 0.29) is 0 Å². The Kier molecular flexibility index (Phi) is 2.41. The summed E-state index contributed by atoms with van der Waals surface area (Å²) in [5.41, 5.74) is 7.45. The Labute approximate surface area is 105 Å². The Morgan fingerprint density at radius 2 is 1.72 bits per heavy atom. The third kappa shape index (κ3) is 1.78. The van der Waals surface area contributed by atoms with Crippen LogP contribution in [0.5, 0.6) is 0 Å². The summed E-state index contributed by atoms with van der Waals surface area (Å²) in [4.78, 5) is 4.13. The van der Waals surface area contributed by atoms with Crippen molar-refractivity contribution < 1.29 is 0 Å². The van der Waals surface area contributed by atoms with Gasteiger partial charge in [0.25, 0.3) is 0 Å². The number of nitrogens with two attached hydrogens (primary N) is 1. The van der Waals surface area contributed by atoms with Gasteiger partial charge < -0.3 is 5.73 Å². The van der Waals surface area contributed by atoms with E-state index in [0.29, 0.717) is 17.3 Å². The lowest BCUT2D eigenvalue weighted by molar-refractivity contribution is 0.921. The predicted molar refractivity (Wildman–Crippen MR) is 71.9 cm³/mol. The van der Waals surface area contributed by atoms with Crippen LogP contribution in [0.2, 0.25) is 0 Å². The number of fused-ring (bicyclic) bond motifs is 1. The first kappa shape index (κ1) is 10.7. The maximum Gasteiger partial charge on any atom is 0.154 e. The molecule has 4 heteroatoms. The number of nitrogens with zero attached hydrogens (tertiary/aromatic N) is 3. The van der Waals surface area contributed by atoms with Crippen molar-refractivity contribution in [3.05, 3.63) is 48.3 Å². The molecule has 0 radical (unpaired) electrons. The maximum atomic E-state index is 5.88. The minimum atomic E-state index is 0.415. The molecule has 1 aromatic heterocycles. The molecule has 0 fully saturated rings. The summed E-state index contributed by atoms with van der Waals surface area (Å²) in [6, 6.07) is 14.2. The lowest BCUT2D eigenvalue weighted by atomic mass is 10.1. The standard InChI is InChI=1S/C14H12N4/c1-9-16-14(15)13(18-17-9)12-7-6-10-4-2-3-5-11(10)8-12/h2-8H,1H3,(H2,15,16,17). The lowest BCUT2D eigenvalue weighted by Gasteiger charge is -2.05. The van der Waals surface area contributed by atoms with Gasteiger partial charge in [-0.15, -0.1) is 10.2 Å². The summed E-state index contributed by atoms with van der Waals surface area (Å²) < 4.78 is 0. The van der Waals surface area contributed by atoms with Crippen LogP contribution in [0.3, 0.4) is 0 Å². The molecule has 4 nitrogen and oxygen atoms in total. The van der Waals surface area contributed by atoms with Crippen LogP contribution < -0.4 is 5.73 Å². The van der Waals surface area contributed by atoms with Crippen LogP contribution in [0.1, 0.15) is 5.82 Å². The van der Waals surface area contributed by atoms with Crippen LogP contribution >= 0.6 is 0 Å². The summed E-state index contributed by atoms with van der Waals surface area (Å²) >= 11 is 0. The fourth-order valence-corrected chi connectivity index (χ4v) is 1.97. The van der Waals surface area contributed by atoms with E-state index in [0.717, 1.165) is 10.9 Å². The Morgan fingerprint density at radius 1 is 0.944 bits per heavy atom. The first-order valence-corrected chi connectivity index (χ1v) is 5.70. The summed E-state index contributed by atoms with van der Waals surface area (Å²) in [5.74, 6) is 0.995. The van der Waals surface area contributed by atoms with Gasteiger partial charge in [0.2, 0.25) is 0 Å². The van der Waals surface area contributed by atoms with Gasteiger partial charge in [0, 0.05) is 5.56 Å². The van der Waals surface area contributed by atoms with Crippen LogP contribution in [-0.2, 0) is 0 Å². The third-order valence-corrected chi connectivity index (χ3v) is 2.84. The van der Waals surface area contributed by atoms with Gasteiger partial charge in [0.1, 0.15) is 11.5 Å². The second-order valence-electron chi connectivity index (χ2n) is 4.15. The topological polar surface area (TPSA) is 64.7 Å². The van der Waals surface area contributed by atoms with Crippen molar-refractivity contribution >= 4 is 16.6 Å². The second kappa shape index (κ2) is 4.07. The van der Waals surface area contributed by atoms with E-state index < -0.39 is 0 Å². The summed E-state index contributed by atoms with van der Waals surface area (Å²) in [7, 11) is 0. The van der Waals surface area contributed by atoms with Crippen LogP contribution in [-0.4, -0.2) is 15.2 Å². The molecule has 1 heterocycles. The van der Waals surface area contributed by atoms with Crippen molar-refractivity contribution in [1.82, 2.24) is 15.2 Å². The average molecular weight is 236 g/mol. The van der Waals surface area contributed by atoms with E-state index in [4.69, 9.17) is 5.73 Å². The van der Waals surface area contributed by atoms with E-state index in [1.165, 1.54) is 5.39 Å². The Morgan fingerprint density at radius 3 is 2.50 bits per heavy atom. The van der Waals surface area contributed by atoms with Crippen molar-refractivity contribution in [1.29, 1.82) is 0 Å². The van der Waals surface area contributed by atoms with Crippen LogP contribution in [0.25, 0.3) is 22.0 Å². The normalized spacial score (nSPS) is 10.7. The van der Waals surface area contributed by atoms with E-state index in [2.05, 4.69) is 27.3 Å². The number of nitrogen functional groups attached to an aromatic ring is 1. The molecule has 0 aliphatic carbocycles. The minimum Gasteiger partial charge on any atom is -0.382 e. The zero-order chi connectivity index (χ0) is 12.5. The summed E-state index contributed by atoms with van der Waals surface area (Å²) in [6.07, 6.45) is 0. The molecule has 0 saturated carbocycles. The molecule has 2 N–H and O–H groups in total. The minimum absolute atomic E-state index is 0.415. The summed E-state index contributed by atoms with van der Waals surface area (Å²) in [5, 5.41) is 10.4. The van der Waals surface area contributed by atoms with Crippen molar-refractivity contribution in [2.45, 2.75) is 6.92 Å². The largest absolute Gasteiger partial charge is 0.382 e. The van der Waals surface area contributed by atoms with Crippen molar-refractivity contribution in [2.75, 3.05) is 5.73 Å². The third-order valence-electron chi connectivity index (χ3n) is 2.84. The highest BCUT2D eigenvalue weighted by Gasteiger charge is 2.07. The number of hydrogen-bond acceptors (Lipinski definition) is 4. The van der Waals surface area contributed by atoms with Gasteiger partial charge >= 0.3 is 0 Å². The fraction of sp³-hybridized carbons (Fsp3) is 0.0714. The first-order valence-electron chi connectivity index (χ1n) is 5.70. The molecule has 0 aliphatic rings. The van der Waals surface area contributed by atoms with Crippen LogP contribution in [0.15, 0.2) is 42.5 Å². The highest BCUT2D eigenvalue weighted by Crippen LogP contribution is 2.25. The monoisotopic (exact) mass is 236 g/mol. The predicted octanol–water partition coefficient (Wildman–Crippen LogP) is 2.58. The maximum absolute atomic E-state index is 5.88. The number of aromatic nitrogens is 3. The highest BCUT2D eigenvalue weighted by molar-refractivity contribution is 5.87. The molecule has 0 unspecified atom stereocenters. The van der Waals surface area contributed by atoms with Crippen molar-refractivity contribution in [3.8, 4) is 11.3 Å². The molecular formula is C14H12N4. The zero-order valence-corrected chi connectivity index (χ0v) is 9.96. The first-order chi connectivity index (χ1) is 8.74. The molecule has 0 atom stereocenters. The van der Waals surface area contributed by atoms with Gasteiger partial charge in [-0.3, -0.25) is 0 Å². The number of benzene rings is 2. The molecule has 0 aliphatic heterocycles. The number of anilines is 1. The Bertz CT molecular complexity index is 722. The molecule has 18 heavy (non-hydrogen) atoms. The molecule has 2 aromatic carbocycles. The van der Waals surface area contributed by atoms with Crippen LogP contribution in [0, 0.1) is 6.92 Å². The smallest absolute Gasteiger partial charge is 0.154 e. The van der Waals surface area contributed by atoms with Gasteiger partial charge in [0.05, 0.1) is 0 Å². The number of hydrogen-bond donors (Lipinski definition) is 1. The van der Waals surface area contributed by atoms with Crippen molar-refractivity contribution in [2.24, 2.45) is 0 Å². The molecule has 0 spiro atoms. The average Bonchev–Trinajstić information content (AvgIpc) is 2.38. The van der Waals surface area contributed by atoms with Crippen molar-refractivity contribution in [3.63, 3.8) is 0 Å². The SMILES string of the molecule is Cc1nnc(-c2ccc3ccccc3c2)c(N)n1. The molecule has 0 amide bonds. The number of rotatable bonds is 1. The van der Waals surface area contributed by atoms with Crippen LogP contribution in [0.4, 0.5) is 5.82 Å². The number of aryl methyl sites for hydroxylation is 1. The van der Waals surface area contributed by atoms with Gasteiger partial charge in [0.15, 0.2) is 5.82 Å². The molecule has 0 bridgehead atoms. The van der Waals surface area contributed by atoms with E-state index >= 15 is 0 Å². The van der Waals surface area contributed by atoms with Gasteiger partial charge in [-0.2, -0.15) is 0 Å². The van der Waals surface area contributed by atoms with E-state index in [1.54, 1.807) is 6.92 Å². The molecule has 3 aromatic rings. The Hall–Kier alpha value is -2.49. The van der Waals surface area contributed by atoms with E-state index in [1.807, 2.05) is 30.3 Å². The Balaban J connectivity index is 2.19. The lowest BCUT2D eigenvalue weighted by Crippen LogP contribution is -2.01. The summed E-state index contributed by atoms with van der Waals surface area (Å²) in [6.45, 7) is 1.77.